The first-order valence-electron chi connectivity index (χ1n) is 9.56. The van der Waals surface area contributed by atoms with Gasteiger partial charge in [-0.2, -0.15) is 17.9 Å². The molecule has 3 aromatic rings. The number of aromatic nitrogens is 1. The van der Waals surface area contributed by atoms with Crippen LogP contribution in [-0.4, -0.2) is 31.9 Å². The second-order valence-corrected chi connectivity index (χ2v) is 9.07. The molecule has 1 aromatic heterocycles. The summed E-state index contributed by atoms with van der Waals surface area (Å²) in [5.41, 5.74) is -0.0634. The predicted octanol–water partition coefficient (Wildman–Crippen LogP) is 4.59. The summed E-state index contributed by atoms with van der Waals surface area (Å²) in [4.78, 5) is 18.5. The van der Waals surface area contributed by atoms with Crippen LogP contribution in [0.3, 0.4) is 0 Å². The van der Waals surface area contributed by atoms with Crippen molar-refractivity contribution in [1.29, 1.82) is 0 Å². The highest BCUT2D eigenvalue weighted by Gasteiger charge is 2.35. The molecule has 32 heavy (non-hydrogen) atoms. The molecule has 170 valence electrons. The maximum Gasteiger partial charge on any atom is 0.417 e. The van der Waals surface area contributed by atoms with Crippen molar-refractivity contribution >= 4 is 21.4 Å². The summed E-state index contributed by atoms with van der Waals surface area (Å²) in [6.45, 7) is 3.39. The summed E-state index contributed by atoms with van der Waals surface area (Å²) in [5, 5.41) is 2.63. The number of nitrogens with zero attached hydrogens (tertiary/aromatic N) is 1. The van der Waals surface area contributed by atoms with E-state index in [1.54, 1.807) is 13.8 Å². The lowest BCUT2D eigenvalue weighted by molar-refractivity contribution is -0.137. The number of benzene rings is 2. The molecule has 0 aliphatic rings. The van der Waals surface area contributed by atoms with Gasteiger partial charge >= 0.3 is 6.18 Å². The highest BCUT2D eigenvalue weighted by molar-refractivity contribution is 7.90. The monoisotopic (exact) mass is 466 g/mol. The zero-order chi connectivity index (χ0) is 23.7. The lowest BCUT2D eigenvalue weighted by Gasteiger charge is -2.16. The quantitative estimate of drug-likeness (QED) is 0.577. The van der Waals surface area contributed by atoms with Crippen LogP contribution in [0.4, 0.5) is 18.9 Å². The molecule has 1 N–H and O–H groups in total. The van der Waals surface area contributed by atoms with Crippen molar-refractivity contribution < 1.29 is 31.2 Å². The van der Waals surface area contributed by atoms with Crippen molar-refractivity contribution in [3.63, 3.8) is 0 Å². The Morgan fingerprint density at radius 3 is 2.28 bits per heavy atom. The molecule has 1 amide bonds. The maximum absolute atomic E-state index is 13.6. The van der Waals surface area contributed by atoms with Gasteiger partial charge in [-0.05, 0) is 49.7 Å². The molecule has 2 aromatic carbocycles. The number of hydrogen-bond acceptors (Lipinski definition) is 4. The molecular weight excluding hydrogens is 445 g/mol. The summed E-state index contributed by atoms with van der Waals surface area (Å²) in [7, 11) is -3.39. The van der Waals surface area contributed by atoms with E-state index in [0.717, 1.165) is 12.3 Å². The molecule has 0 saturated heterocycles. The summed E-state index contributed by atoms with van der Waals surface area (Å²) in [6.07, 6.45) is -2.18. The zero-order valence-corrected chi connectivity index (χ0v) is 18.3. The number of amides is 1. The smallest absolute Gasteiger partial charge is 0.414 e. The number of carbonyl (C=O) groups is 1. The van der Waals surface area contributed by atoms with Crippen LogP contribution in [0.15, 0.2) is 59.6 Å². The van der Waals surface area contributed by atoms with E-state index in [0.29, 0.717) is 11.3 Å². The molecule has 0 aliphatic carbocycles. The molecule has 10 heteroatoms. The van der Waals surface area contributed by atoms with Gasteiger partial charge in [0, 0.05) is 17.5 Å². The average Bonchev–Trinajstić information content (AvgIpc) is 3.03. The van der Waals surface area contributed by atoms with Gasteiger partial charge < -0.3 is 10.2 Å². The Labute approximate surface area is 183 Å². The number of sulfone groups is 1. The summed E-state index contributed by atoms with van der Waals surface area (Å²) < 4.78 is 65.1. The second-order valence-electron chi connectivity index (χ2n) is 7.05. The van der Waals surface area contributed by atoms with Gasteiger partial charge in [0.05, 0.1) is 27.9 Å². The van der Waals surface area contributed by atoms with Crippen molar-refractivity contribution in [3.8, 4) is 11.3 Å². The van der Waals surface area contributed by atoms with Crippen LogP contribution in [0.5, 0.6) is 0 Å². The van der Waals surface area contributed by atoms with Gasteiger partial charge in [0.25, 0.3) is 5.91 Å². The minimum atomic E-state index is -4.59. The first-order valence-corrected chi connectivity index (χ1v) is 11.5. The van der Waals surface area contributed by atoms with Crippen molar-refractivity contribution in [1.82, 2.24) is 4.73 Å². The first kappa shape index (κ1) is 23.4. The van der Waals surface area contributed by atoms with Crippen LogP contribution in [0, 0.1) is 6.92 Å². The minimum absolute atomic E-state index is 0.0974. The number of carbonyl (C=O) groups excluding carboxylic acids is 1. The van der Waals surface area contributed by atoms with Gasteiger partial charge in [-0.3, -0.25) is 4.79 Å². The fraction of sp³-hybridized carbons (Fsp3) is 0.227. The van der Waals surface area contributed by atoms with E-state index in [-0.39, 0.29) is 28.3 Å². The van der Waals surface area contributed by atoms with Gasteiger partial charge in [-0.25, -0.2) is 8.42 Å². The molecular formula is C22H21F3N2O4S. The van der Waals surface area contributed by atoms with Crippen LogP contribution in [0.25, 0.3) is 11.3 Å². The fourth-order valence-corrected chi connectivity index (χ4v) is 3.91. The number of nitrogens with one attached hydrogen (secondary N) is 1. The maximum atomic E-state index is 13.6. The van der Waals surface area contributed by atoms with Gasteiger partial charge in [-0.15, -0.1) is 0 Å². The van der Waals surface area contributed by atoms with Crippen LogP contribution in [-0.2, 0) is 16.0 Å². The largest absolute Gasteiger partial charge is 0.417 e. The molecule has 0 atom stereocenters. The average molecular weight is 466 g/mol. The topological polar surface area (TPSA) is 77.4 Å². The normalized spacial score (nSPS) is 11.9. The Balaban J connectivity index is 2.02. The number of alkyl halides is 3. The van der Waals surface area contributed by atoms with E-state index in [4.69, 9.17) is 4.84 Å². The second kappa shape index (κ2) is 8.70. The SMILES string of the molecule is CCOn1cc(C(=O)Nc2ccc(S(C)(=O)=O)cc2)c(C)c1-c1ccccc1C(F)(F)F. The summed E-state index contributed by atoms with van der Waals surface area (Å²) in [5.74, 6) is -0.571. The van der Waals surface area contributed by atoms with Gasteiger partial charge in [-0.1, -0.05) is 18.2 Å². The van der Waals surface area contributed by atoms with Gasteiger partial charge in [0.15, 0.2) is 9.84 Å². The Kier molecular flexibility index (Phi) is 6.36. The van der Waals surface area contributed by atoms with Crippen LogP contribution >= 0.6 is 0 Å². The van der Waals surface area contributed by atoms with Crippen molar-refractivity contribution in [2.24, 2.45) is 0 Å². The number of rotatable bonds is 6. The van der Waals surface area contributed by atoms with Crippen LogP contribution in [0.2, 0.25) is 0 Å². The Hall–Kier alpha value is -3.27. The molecule has 6 nitrogen and oxygen atoms in total. The van der Waals surface area contributed by atoms with E-state index in [9.17, 15) is 26.4 Å². The van der Waals surface area contributed by atoms with Crippen LogP contribution < -0.4 is 10.2 Å². The minimum Gasteiger partial charge on any atom is -0.414 e. The molecule has 1 heterocycles. The molecule has 0 saturated carbocycles. The Morgan fingerprint density at radius 2 is 1.72 bits per heavy atom. The molecule has 0 fully saturated rings. The fourth-order valence-electron chi connectivity index (χ4n) is 3.28. The lowest BCUT2D eigenvalue weighted by Crippen LogP contribution is -2.14. The van der Waals surface area contributed by atoms with E-state index in [1.165, 1.54) is 53.4 Å². The van der Waals surface area contributed by atoms with Crippen molar-refractivity contribution in [2.45, 2.75) is 24.9 Å². The predicted molar refractivity (Wildman–Crippen MR) is 114 cm³/mol. The molecule has 0 unspecified atom stereocenters. The summed E-state index contributed by atoms with van der Waals surface area (Å²) >= 11 is 0. The summed E-state index contributed by atoms with van der Waals surface area (Å²) in [6, 6.07) is 10.7. The highest BCUT2D eigenvalue weighted by Crippen LogP contribution is 2.39. The Morgan fingerprint density at radius 1 is 1.09 bits per heavy atom. The highest BCUT2D eigenvalue weighted by atomic mass is 32.2. The van der Waals surface area contributed by atoms with E-state index < -0.39 is 27.5 Å². The van der Waals surface area contributed by atoms with Gasteiger partial charge in [0.1, 0.15) is 6.61 Å². The molecule has 3 rings (SSSR count). The third kappa shape index (κ3) is 4.80. The van der Waals surface area contributed by atoms with E-state index >= 15 is 0 Å². The lowest BCUT2D eigenvalue weighted by atomic mass is 10.00. The number of anilines is 1. The molecule has 0 radical (unpaired) electrons. The van der Waals surface area contributed by atoms with E-state index in [2.05, 4.69) is 5.32 Å². The van der Waals surface area contributed by atoms with E-state index in [1.807, 2.05) is 0 Å². The molecule has 0 bridgehead atoms. The third-order valence-electron chi connectivity index (χ3n) is 4.77. The van der Waals surface area contributed by atoms with Crippen molar-refractivity contribution in [2.75, 3.05) is 18.2 Å². The first-order chi connectivity index (χ1) is 14.9. The Bertz CT molecular complexity index is 1250. The number of hydrogen-bond donors (Lipinski definition) is 1. The molecule has 0 aliphatic heterocycles. The van der Waals surface area contributed by atoms with Gasteiger partial charge in [0.2, 0.25) is 0 Å². The zero-order valence-electron chi connectivity index (χ0n) is 17.5. The van der Waals surface area contributed by atoms with Crippen molar-refractivity contribution in [3.05, 3.63) is 71.4 Å². The number of halogens is 3. The van der Waals surface area contributed by atoms with Crippen LogP contribution in [0.1, 0.15) is 28.4 Å². The molecule has 0 spiro atoms. The third-order valence-corrected chi connectivity index (χ3v) is 5.90. The standard InChI is InChI=1S/C22H21F3N2O4S/c1-4-31-27-13-18(21(28)26-15-9-11-16(12-10-15)32(3,29)30)14(2)20(27)17-7-5-6-8-19(17)22(23,24)25/h5-13H,4H2,1-3H3,(H,26,28).